The fraction of sp³-hybridized carbons (Fsp3) is 0.350. The van der Waals surface area contributed by atoms with Crippen LogP contribution in [-0.2, 0) is 16.2 Å². The Labute approximate surface area is 172 Å². The van der Waals surface area contributed by atoms with Gasteiger partial charge in [0.2, 0.25) is 10.0 Å². The Kier molecular flexibility index (Phi) is 7.25. The lowest BCUT2D eigenvalue weighted by Crippen LogP contribution is -2.32. The summed E-state index contributed by atoms with van der Waals surface area (Å²) >= 11 is 0. The van der Waals surface area contributed by atoms with E-state index < -0.39 is 44.4 Å². The Balaban J connectivity index is 2.30. The van der Waals surface area contributed by atoms with Crippen LogP contribution in [0.25, 0.3) is 0 Å². The van der Waals surface area contributed by atoms with Gasteiger partial charge in [0, 0.05) is 18.7 Å². The maximum Gasteiger partial charge on any atom is 0.416 e. The molecule has 0 aliphatic carbocycles. The third kappa shape index (κ3) is 5.17. The zero-order valence-electron chi connectivity index (χ0n) is 16.6. The summed E-state index contributed by atoms with van der Waals surface area (Å²) in [6, 6.07) is 6.62. The molecule has 1 amide bonds. The van der Waals surface area contributed by atoms with Gasteiger partial charge in [0.05, 0.1) is 11.6 Å². The molecule has 10 heteroatoms. The van der Waals surface area contributed by atoms with Crippen LogP contribution in [0.1, 0.15) is 48.3 Å². The van der Waals surface area contributed by atoms with Gasteiger partial charge in [0.1, 0.15) is 10.7 Å². The summed E-state index contributed by atoms with van der Waals surface area (Å²) < 4.78 is 79.2. The summed E-state index contributed by atoms with van der Waals surface area (Å²) in [7, 11) is -4.14. The Morgan fingerprint density at radius 3 is 2.30 bits per heavy atom. The molecule has 0 spiro atoms. The highest BCUT2D eigenvalue weighted by Gasteiger charge is 2.31. The van der Waals surface area contributed by atoms with E-state index in [0.717, 1.165) is 34.6 Å². The molecule has 30 heavy (non-hydrogen) atoms. The number of carbonyl (C=O) groups excluding carboxylic acids is 1. The molecule has 1 atom stereocenters. The smallest absolute Gasteiger partial charge is 0.346 e. The van der Waals surface area contributed by atoms with E-state index in [1.807, 2.05) is 0 Å². The van der Waals surface area contributed by atoms with Crippen LogP contribution in [0.15, 0.2) is 47.4 Å². The first-order chi connectivity index (χ1) is 13.9. The lowest BCUT2D eigenvalue weighted by Gasteiger charge is -2.20. The number of alkyl halides is 3. The zero-order chi connectivity index (χ0) is 22.7. The molecule has 0 heterocycles. The molecule has 2 aromatic carbocycles. The van der Waals surface area contributed by atoms with Crippen LogP contribution in [-0.4, -0.2) is 31.7 Å². The minimum atomic E-state index is -4.52. The predicted molar refractivity (Wildman–Crippen MR) is 104 cm³/mol. The maximum atomic E-state index is 14.2. The van der Waals surface area contributed by atoms with E-state index in [1.165, 1.54) is 19.1 Å². The quantitative estimate of drug-likeness (QED) is 0.643. The van der Waals surface area contributed by atoms with E-state index in [4.69, 9.17) is 0 Å². The number of amides is 1. The van der Waals surface area contributed by atoms with Crippen molar-refractivity contribution in [2.24, 2.45) is 0 Å². The van der Waals surface area contributed by atoms with Crippen molar-refractivity contribution < 1.29 is 30.8 Å². The third-order valence-corrected chi connectivity index (χ3v) is 6.64. The number of carbonyl (C=O) groups is 1. The van der Waals surface area contributed by atoms with Gasteiger partial charge in [-0.15, -0.1) is 0 Å². The first-order valence-corrected chi connectivity index (χ1v) is 10.6. The zero-order valence-corrected chi connectivity index (χ0v) is 17.4. The number of sulfonamides is 1. The van der Waals surface area contributed by atoms with E-state index >= 15 is 0 Å². The summed E-state index contributed by atoms with van der Waals surface area (Å²) in [5, 5.41) is 2.51. The summed E-state index contributed by atoms with van der Waals surface area (Å²) in [5.41, 5.74) is -0.757. The van der Waals surface area contributed by atoms with Gasteiger partial charge in [0.15, 0.2) is 0 Å². The Morgan fingerprint density at radius 1 is 1.10 bits per heavy atom. The Bertz CT molecular complexity index is 1020. The number of hydrogen-bond acceptors (Lipinski definition) is 3. The Morgan fingerprint density at radius 2 is 1.73 bits per heavy atom. The molecule has 0 bridgehead atoms. The highest BCUT2D eigenvalue weighted by atomic mass is 32.2. The Hall–Kier alpha value is -2.46. The number of hydrogen-bond donors (Lipinski definition) is 1. The summed E-state index contributed by atoms with van der Waals surface area (Å²) in [5.74, 6) is -1.74. The van der Waals surface area contributed by atoms with Crippen molar-refractivity contribution in [3.63, 3.8) is 0 Å². The van der Waals surface area contributed by atoms with E-state index in [2.05, 4.69) is 5.32 Å². The highest BCUT2D eigenvalue weighted by Crippen LogP contribution is 2.31. The first kappa shape index (κ1) is 23.8. The molecule has 5 nitrogen and oxygen atoms in total. The van der Waals surface area contributed by atoms with E-state index in [-0.39, 0.29) is 24.2 Å². The molecule has 0 aliphatic rings. The monoisotopic (exact) mass is 446 g/mol. The van der Waals surface area contributed by atoms with Crippen molar-refractivity contribution in [1.29, 1.82) is 0 Å². The van der Waals surface area contributed by atoms with Crippen molar-refractivity contribution in [2.75, 3.05) is 13.1 Å². The van der Waals surface area contributed by atoms with Crippen LogP contribution < -0.4 is 5.32 Å². The minimum absolute atomic E-state index is 0.124. The van der Waals surface area contributed by atoms with Gasteiger partial charge in [-0.2, -0.15) is 17.5 Å². The van der Waals surface area contributed by atoms with Gasteiger partial charge in [-0.1, -0.05) is 26.0 Å². The molecule has 0 radical (unpaired) electrons. The second-order valence-electron chi connectivity index (χ2n) is 6.55. The number of nitrogens with one attached hydrogen (secondary N) is 1. The van der Waals surface area contributed by atoms with Gasteiger partial charge >= 0.3 is 6.18 Å². The molecule has 0 saturated heterocycles. The van der Waals surface area contributed by atoms with Crippen LogP contribution in [0.2, 0.25) is 0 Å². The molecule has 1 unspecified atom stereocenters. The van der Waals surface area contributed by atoms with Crippen LogP contribution in [0.5, 0.6) is 0 Å². The van der Waals surface area contributed by atoms with Crippen LogP contribution in [0.4, 0.5) is 17.6 Å². The number of halogens is 4. The fourth-order valence-electron chi connectivity index (χ4n) is 2.89. The van der Waals surface area contributed by atoms with Crippen molar-refractivity contribution >= 4 is 15.9 Å². The minimum Gasteiger partial charge on any atom is -0.346 e. The summed E-state index contributed by atoms with van der Waals surface area (Å²) in [4.78, 5) is 11.9. The van der Waals surface area contributed by atoms with Gasteiger partial charge in [-0.25, -0.2) is 12.8 Å². The molecular weight excluding hydrogens is 424 g/mol. The second kappa shape index (κ2) is 9.13. The normalized spacial score (nSPS) is 13.3. The van der Waals surface area contributed by atoms with E-state index in [9.17, 15) is 30.8 Å². The molecule has 0 fully saturated rings. The summed E-state index contributed by atoms with van der Waals surface area (Å²) in [6.45, 7) is 4.95. The lowest BCUT2D eigenvalue weighted by molar-refractivity contribution is -0.137. The predicted octanol–water partition coefficient (Wildman–Crippen LogP) is 4.37. The third-order valence-electron chi connectivity index (χ3n) is 4.58. The largest absolute Gasteiger partial charge is 0.416 e. The molecule has 0 aromatic heterocycles. The van der Waals surface area contributed by atoms with Crippen LogP contribution in [0, 0.1) is 5.82 Å². The van der Waals surface area contributed by atoms with E-state index in [1.54, 1.807) is 13.8 Å². The standard InChI is InChI=1S/C20H22F4N2O3S/c1-4-26(5-2)30(28,29)18-12-15(9-10-17(18)21)19(27)25-13(3)14-7-6-8-16(11-14)20(22,23)24/h6-13H,4-5H2,1-3H3,(H,25,27). The second-order valence-corrected chi connectivity index (χ2v) is 8.46. The first-order valence-electron chi connectivity index (χ1n) is 9.19. The topological polar surface area (TPSA) is 66.5 Å². The molecule has 0 aliphatic heterocycles. The van der Waals surface area contributed by atoms with E-state index in [0.29, 0.717) is 0 Å². The van der Waals surface area contributed by atoms with Gasteiger partial charge < -0.3 is 5.32 Å². The van der Waals surface area contributed by atoms with Crippen molar-refractivity contribution in [3.05, 3.63) is 65.0 Å². The number of nitrogens with zero attached hydrogens (tertiary/aromatic N) is 1. The molecule has 2 aromatic rings. The lowest BCUT2D eigenvalue weighted by atomic mass is 10.0. The van der Waals surface area contributed by atoms with Gasteiger partial charge in [-0.05, 0) is 42.8 Å². The molecule has 164 valence electrons. The molecule has 2 rings (SSSR count). The van der Waals surface area contributed by atoms with Gasteiger partial charge in [-0.3, -0.25) is 4.79 Å². The van der Waals surface area contributed by atoms with Crippen LogP contribution >= 0.6 is 0 Å². The molecule has 0 saturated carbocycles. The summed E-state index contributed by atoms with van der Waals surface area (Å²) in [6.07, 6.45) is -4.52. The fourth-order valence-corrected chi connectivity index (χ4v) is 4.44. The van der Waals surface area contributed by atoms with Gasteiger partial charge in [0.25, 0.3) is 5.91 Å². The average molecular weight is 446 g/mol. The average Bonchev–Trinajstić information content (AvgIpc) is 2.68. The maximum absolute atomic E-state index is 14.2. The van der Waals surface area contributed by atoms with Crippen molar-refractivity contribution in [3.8, 4) is 0 Å². The van der Waals surface area contributed by atoms with Crippen LogP contribution in [0.3, 0.4) is 0 Å². The highest BCUT2D eigenvalue weighted by molar-refractivity contribution is 7.89. The molecule has 1 N–H and O–H groups in total. The molecular formula is C20H22F4N2O3S. The van der Waals surface area contributed by atoms with Crippen molar-refractivity contribution in [2.45, 2.75) is 37.9 Å². The number of rotatable bonds is 7. The SMILES string of the molecule is CCN(CC)S(=O)(=O)c1cc(C(=O)NC(C)c2cccc(C(F)(F)F)c2)ccc1F. The van der Waals surface area contributed by atoms with Crippen molar-refractivity contribution in [1.82, 2.24) is 9.62 Å². The number of benzene rings is 2.